The van der Waals surface area contributed by atoms with Crippen molar-refractivity contribution in [3.05, 3.63) is 65.4 Å². The van der Waals surface area contributed by atoms with Crippen LogP contribution in [-0.2, 0) is 9.53 Å². The van der Waals surface area contributed by atoms with Crippen LogP contribution in [0.3, 0.4) is 0 Å². The van der Waals surface area contributed by atoms with Crippen LogP contribution in [0.25, 0.3) is 6.08 Å². The van der Waals surface area contributed by atoms with Crippen molar-refractivity contribution >= 4 is 23.6 Å². The molecule has 0 aliphatic carbocycles. The van der Waals surface area contributed by atoms with Gasteiger partial charge in [0.05, 0.1) is 18.9 Å². The van der Waals surface area contributed by atoms with Crippen molar-refractivity contribution in [1.29, 1.82) is 0 Å². The molecule has 1 saturated heterocycles. The Labute approximate surface area is 151 Å². The van der Waals surface area contributed by atoms with Gasteiger partial charge in [-0.3, -0.25) is 9.59 Å². The molecule has 6 nitrogen and oxygen atoms in total. The van der Waals surface area contributed by atoms with E-state index < -0.39 is 0 Å². The second kappa shape index (κ2) is 7.01. The Bertz CT molecular complexity index is 871. The van der Waals surface area contributed by atoms with Crippen molar-refractivity contribution in [3.63, 3.8) is 0 Å². The number of hydrogen-bond acceptors (Lipinski definition) is 4. The summed E-state index contributed by atoms with van der Waals surface area (Å²) in [4.78, 5) is 26.7. The highest BCUT2D eigenvalue weighted by Gasteiger charge is 2.25. The van der Waals surface area contributed by atoms with Crippen LogP contribution in [0.15, 0.2) is 54.3 Å². The Morgan fingerprint density at radius 1 is 1.08 bits per heavy atom. The zero-order valence-electron chi connectivity index (χ0n) is 14.1. The predicted octanol–water partition coefficient (Wildman–Crippen LogP) is 2.53. The number of morpholine rings is 1. The molecule has 0 radical (unpaired) electrons. The molecule has 4 rings (SSSR count). The van der Waals surface area contributed by atoms with Crippen LogP contribution >= 0.6 is 0 Å². The zero-order valence-corrected chi connectivity index (χ0v) is 14.1. The first-order valence-electron chi connectivity index (χ1n) is 8.48. The van der Waals surface area contributed by atoms with Gasteiger partial charge in [0, 0.05) is 18.7 Å². The number of nitrogens with one attached hydrogen (secondary N) is 1. The minimum atomic E-state index is -0.336. The molecule has 0 bridgehead atoms. The van der Waals surface area contributed by atoms with Crippen molar-refractivity contribution in [2.75, 3.05) is 31.6 Å². The monoisotopic (exact) mass is 350 g/mol. The number of benzene rings is 2. The van der Waals surface area contributed by atoms with E-state index in [1.54, 1.807) is 29.2 Å². The second-order valence-corrected chi connectivity index (χ2v) is 6.09. The molecule has 6 heteroatoms. The molecule has 2 aromatic carbocycles. The largest absolute Gasteiger partial charge is 0.449 e. The maximum atomic E-state index is 12.6. The maximum absolute atomic E-state index is 12.6. The summed E-state index contributed by atoms with van der Waals surface area (Å²) in [6.45, 7) is 2.24. The van der Waals surface area contributed by atoms with Gasteiger partial charge in [0.2, 0.25) is 0 Å². The molecule has 26 heavy (non-hydrogen) atoms. The number of rotatable bonds is 2. The standard InChI is InChI=1S/C20H18N2O4/c23-19-18(12-14-4-2-1-3-5-14)26-17-7-6-15(13-16(17)21-19)20(24)22-8-10-25-11-9-22/h1-7,12-13H,8-11H2,(H,21,23)/b18-12-. The van der Waals surface area contributed by atoms with Crippen molar-refractivity contribution in [3.8, 4) is 5.75 Å². The summed E-state index contributed by atoms with van der Waals surface area (Å²) >= 11 is 0. The van der Waals surface area contributed by atoms with E-state index in [2.05, 4.69) is 5.32 Å². The molecule has 0 atom stereocenters. The van der Waals surface area contributed by atoms with Crippen molar-refractivity contribution in [2.45, 2.75) is 0 Å². The van der Waals surface area contributed by atoms with E-state index in [1.807, 2.05) is 30.3 Å². The molecular formula is C20H18N2O4. The first kappa shape index (κ1) is 16.4. The summed E-state index contributed by atoms with van der Waals surface area (Å²) < 4.78 is 11.0. The highest BCUT2D eigenvalue weighted by molar-refractivity contribution is 6.09. The van der Waals surface area contributed by atoms with Gasteiger partial charge in [-0.1, -0.05) is 30.3 Å². The number of carbonyl (C=O) groups is 2. The molecule has 0 aromatic heterocycles. The number of carbonyl (C=O) groups excluding carboxylic acids is 2. The van der Waals surface area contributed by atoms with Crippen molar-refractivity contribution in [1.82, 2.24) is 4.90 Å². The second-order valence-electron chi connectivity index (χ2n) is 6.09. The maximum Gasteiger partial charge on any atom is 0.291 e. The highest BCUT2D eigenvalue weighted by Crippen LogP contribution is 2.32. The Morgan fingerprint density at radius 3 is 2.62 bits per heavy atom. The first-order valence-corrected chi connectivity index (χ1v) is 8.48. The van der Waals surface area contributed by atoms with E-state index in [0.29, 0.717) is 43.3 Å². The minimum absolute atomic E-state index is 0.0732. The average molecular weight is 350 g/mol. The average Bonchev–Trinajstić information content (AvgIpc) is 2.69. The van der Waals surface area contributed by atoms with Gasteiger partial charge >= 0.3 is 0 Å². The number of nitrogens with zero attached hydrogens (tertiary/aromatic N) is 1. The molecule has 2 aliphatic rings. The molecule has 0 spiro atoms. The fourth-order valence-corrected chi connectivity index (χ4v) is 2.94. The van der Waals surface area contributed by atoms with Gasteiger partial charge < -0.3 is 19.7 Å². The van der Waals surface area contributed by atoms with Crippen LogP contribution in [0, 0.1) is 0 Å². The number of hydrogen-bond donors (Lipinski definition) is 1. The van der Waals surface area contributed by atoms with Gasteiger partial charge in [-0.05, 0) is 29.8 Å². The third kappa shape index (κ3) is 3.32. The summed E-state index contributed by atoms with van der Waals surface area (Å²) in [6.07, 6.45) is 1.69. The lowest BCUT2D eigenvalue weighted by Crippen LogP contribution is -2.40. The normalized spacial score (nSPS) is 18.1. The lowest BCUT2D eigenvalue weighted by Gasteiger charge is -2.27. The van der Waals surface area contributed by atoms with Gasteiger partial charge in [0.25, 0.3) is 11.8 Å². The predicted molar refractivity (Wildman–Crippen MR) is 96.8 cm³/mol. The molecular weight excluding hydrogens is 332 g/mol. The fraction of sp³-hybridized carbons (Fsp3) is 0.200. The Morgan fingerprint density at radius 2 is 1.85 bits per heavy atom. The topological polar surface area (TPSA) is 67.9 Å². The lowest BCUT2D eigenvalue weighted by atomic mass is 10.1. The molecule has 0 unspecified atom stereocenters. The number of amides is 2. The molecule has 2 aromatic rings. The van der Waals surface area contributed by atoms with Gasteiger partial charge in [0.15, 0.2) is 11.5 Å². The fourth-order valence-electron chi connectivity index (χ4n) is 2.94. The van der Waals surface area contributed by atoms with Crippen LogP contribution in [0.4, 0.5) is 5.69 Å². The molecule has 2 heterocycles. The van der Waals surface area contributed by atoms with Gasteiger partial charge in [-0.25, -0.2) is 0 Å². The summed E-state index contributed by atoms with van der Waals surface area (Å²) in [5.74, 6) is 0.328. The van der Waals surface area contributed by atoms with E-state index >= 15 is 0 Å². The first-order chi connectivity index (χ1) is 12.7. The highest BCUT2D eigenvalue weighted by atomic mass is 16.5. The molecule has 1 fully saturated rings. The van der Waals surface area contributed by atoms with E-state index in [9.17, 15) is 9.59 Å². The quantitative estimate of drug-likeness (QED) is 0.845. The molecule has 0 saturated carbocycles. The van der Waals surface area contributed by atoms with Crippen LogP contribution in [0.5, 0.6) is 5.75 Å². The smallest absolute Gasteiger partial charge is 0.291 e. The Hall–Kier alpha value is -3.12. The summed E-state index contributed by atoms with van der Waals surface area (Å²) in [6, 6.07) is 14.6. The third-order valence-electron chi connectivity index (χ3n) is 4.31. The molecule has 132 valence electrons. The SMILES string of the molecule is O=C1Nc2cc(C(=O)N3CCOCC3)ccc2O/C1=C\c1ccccc1. The molecule has 2 aliphatic heterocycles. The molecule has 1 N–H and O–H groups in total. The van der Waals surface area contributed by atoms with Crippen LogP contribution in [0.1, 0.15) is 15.9 Å². The summed E-state index contributed by atoms with van der Waals surface area (Å²) in [5.41, 5.74) is 1.89. The van der Waals surface area contributed by atoms with E-state index in [0.717, 1.165) is 5.56 Å². The number of ether oxygens (including phenoxy) is 2. The number of anilines is 1. The van der Waals surface area contributed by atoms with Crippen molar-refractivity contribution < 1.29 is 19.1 Å². The molecule has 2 amide bonds. The van der Waals surface area contributed by atoms with Crippen LogP contribution < -0.4 is 10.1 Å². The van der Waals surface area contributed by atoms with E-state index in [1.165, 1.54) is 0 Å². The number of fused-ring (bicyclic) bond motifs is 1. The minimum Gasteiger partial charge on any atom is -0.449 e. The van der Waals surface area contributed by atoms with Gasteiger partial charge in [-0.2, -0.15) is 0 Å². The zero-order chi connectivity index (χ0) is 17.9. The van der Waals surface area contributed by atoms with Gasteiger partial charge in [0.1, 0.15) is 0 Å². The van der Waals surface area contributed by atoms with Crippen LogP contribution in [-0.4, -0.2) is 43.0 Å². The Kier molecular flexibility index (Phi) is 4.41. The van der Waals surface area contributed by atoms with E-state index in [4.69, 9.17) is 9.47 Å². The summed E-state index contributed by atoms with van der Waals surface area (Å²) in [5, 5.41) is 2.80. The lowest BCUT2D eigenvalue weighted by molar-refractivity contribution is -0.115. The van der Waals surface area contributed by atoms with Crippen molar-refractivity contribution in [2.24, 2.45) is 0 Å². The summed E-state index contributed by atoms with van der Waals surface area (Å²) in [7, 11) is 0. The Balaban J connectivity index is 1.57. The third-order valence-corrected chi connectivity index (χ3v) is 4.31. The van der Waals surface area contributed by atoms with Gasteiger partial charge in [-0.15, -0.1) is 0 Å². The van der Waals surface area contributed by atoms with E-state index in [-0.39, 0.29) is 17.6 Å². The van der Waals surface area contributed by atoms with Crippen LogP contribution in [0.2, 0.25) is 0 Å².